The SMILES string of the molecule is C/C=C/C=C/C(=O)C[C@H](O)CCO. The minimum atomic E-state index is -0.729. The van der Waals surface area contributed by atoms with E-state index in [9.17, 15) is 4.79 Å². The largest absolute Gasteiger partial charge is 0.396 e. The first-order valence-electron chi connectivity index (χ1n) is 4.31. The summed E-state index contributed by atoms with van der Waals surface area (Å²) in [5.74, 6) is -0.126. The molecule has 3 heteroatoms. The lowest BCUT2D eigenvalue weighted by atomic mass is 10.1. The molecule has 2 N–H and O–H groups in total. The van der Waals surface area contributed by atoms with Crippen LogP contribution in [0.25, 0.3) is 0 Å². The Labute approximate surface area is 78.4 Å². The minimum Gasteiger partial charge on any atom is -0.396 e. The van der Waals surface area contributed by atoms with Crippen molar-refractivity contribution in [3.63, 3.8) is 0 Å². The second-order valence-electron chi connectivity index (χ2n) is 2.72. The Kier molecular flexibility index (Phi) is 7.15. The molecule has 0 amide bonds. The fraction of sp³-hybridized carbons (Fsp3) is 0.500. The molecule has 0 radical (unpaired) electrons. The van der Waals surface area contributed by atoms with E-state index in [-0.39, 0.29) is 25.2 Å². The van der Waals surface area contributed by atoms with Gasteiger partial charge in [0.25, 0.3) is 0 Å². The van der Waals surface area contributed by atoms with E-state index in [2.05, 4.69) is 0 Å². The van der Waals surface area contributed by atoms with Gasteiger partial charge in [0.05, 0.1) is 6.10 Å². The van der Waals surface area contributed by atoms with Crippen molar-refractivity contribution in [2.24, 2.45) is 0 Å². The van der Waals surface area contributed by atoms with E-state index >= 15 is 0 Å². The Hall–Kier alpha value is -0.930. The number of hydrogen-bond donors (Lipinski definition) is 2. The highest BCUT2D eigenvalue weighted by molar-refractivity contribution is 5.90. The van der Waals surface area contributed by atoms with Crippen LogP contribution in [0.5, 0.6) is 0 Å². The third kappa shape index (κ3) is 7.43. The Bertz CT molecular complexity index is 194. The van der Waals surface area contributed by atoms with Gasteiger partial charge in [0.2, 0.25) is 0 Å². The van der Waals surface area contributed by atoms with Crippen molar-refractivity contribution < 1.29 is 15.0 Å². The maximum atomic E-state index is 11.0. The van der Waals surface area contributed by atoms with Crippen molar-refractivity contribution in [2.75, 3.05) is 6.61 Å². The summed E-state index contributed by atoms with van der Waals surface area (Å²) in [5, 5.41) is 17.6. The number of rotatable bonds is 6. The molecule has 13 heavy (non-hydrogen) atoms. The van der Waals surface area contributed by atoms with Gasteiger partial charge in [-0.25, -0.2) is 0 Å². The van der Waals surface area contributed by atoms with Gasteiger partial charge < -0.3 is 10.2 Å². The van der Waals surface area contributed by atoms with E-state index in [0.29, 0.717) is 0 Å². The zero-order valence-corrected chi connectivity index (χ0v) is 7.81. The van der Waals surface area contributed by atoms with Crippen molar-refractivity contribution in [3.8, 4) is 0 Å². The quantitative estimate of drug-likeness (QED) is 0.474. The lowest BCUT2D eigenvalue weighted by Crippen LogP contribution is -2.13. The maximum Gasteiger partial charge on any atom is 0.158 e. The smallest absolute Gasteiger partial charge is 0.158 e. The van der Waals surface area contributed by atoms with E-state index in [4.69, 9.17) is 10.2 Å². The van der Waals surface area contributed by atoms with E-state index in [0.717, 1.165) is 0 Å². The highest BCUT2D eigenvalue weighted by Gasteiger charge is 2.06. The summed E-state index contributed by atoms with van der Waals surface area (Å²) in [7, 11) is 0. The van der Waals surface area contributed by atoms with Gasteiger partial charge in [-0.05, 0) is 19.4 Å². The van der Waals surface area contributed by atoms with E-state index in [1.54, 1.807) is 12.2 Å². The first-order chi connectivity index (χ1) is 6.20. The Morgan fingerprint density at radius 1 is 1.46 bits per heavy atom. The van der Waals surface area contributed by atoms with Crippen LogP contribution in [-0.2, 0) is 4.79 Å². The van der Waals surface area contributed by atoms with Gasteiger partial charge >= 0.3 is 0 Å². The number of hydrogen-bond acceptors (Lipinski definition) is 3. The summed E-state index contributed by atoms with van der Waals surface area (Å²) in [5.41, 5.74) is 0. The molecule has 0 fully saturated rings. The molecule has 0 unspecified atom stereocenters. The average Bonchev–Trinajstić information content (AvgIpc) is 2.05. The summed E-state index contributed by atoms with van der Waals surface area (Å²) in [6.07, 6.45) is 6.21. The van der Waals surface area contributed by atoms with Crippen molar-refractivity contribution >= 4 is 5.78 Å². The molecule has 0 aliphatic heterocycles. The van der Waals surface area contributed by atoms with Gasteiger partial charge in [-0.3, -0.25) is 4.79 Å². The molecule has 0 bridgehead atoms. The molecule has 1 atom stereocenters. The van der Waals surface area contributed by atoms with Crippen molar-refractivity contribution in [1.82, 2.24) is 0 Å². The Morgan fingerprint density at radius 3 is 2.69 bits per heavy atom. The van der Waals surface area contributed by atoms with E-state index < -0.39 is 6.10 Å². The van der Waals surface area contributed by atoms with Gasteiger partial charge in [0.1, 0.15) is 0 Å². The third-order valence-electron chi connectivity index (χ3n) is 1.48. The summed E-state index contributed by atoms with van der Waals surface area (Å²) in [6.45, 7) is 1.77. The predicted octanol–water partition coefficient (Wildman–Crippen LogP) is 0.821. The van der Waals surface area contributed by atoms with Crippen LogP contribution < -0.4 is 0 Å². The normalized spacial score (nSPS) is 14.1. The summed E-state index contributed by atoms with van der Waals surface area (Å²) in [4.78, 5) is 11.0. The first kappa shape index (κ1) is 12.1. The highest BCUT2D eigenvalue weighted by Crippen LogP contribution is 1.98. The van der Waals surface area contributed by atoms with Crippen LogP contribution in [0.4, 0.5) is 0 Å². The molecule has 0 aliphatic rings. The van der Waals surface area contributed by atoms with Crippen molar-refractivity contribution in [1.29, 1.82) is 0 Å². The van der Waals surface area contributed by atoms with Crippen LogP contribution in [0.3, 0.4) is 0 Å². The monoisotopic (exact) mass is 184 g/mol. The Balaban J connectivity index is 3.73. The van der Waals surface area contributed by atoms with Crippen LogP contribution in [0.2, 0.25) is 0 Å². The molecule has 0 saturated carbocycles. The average molecular weight is 184 g/mol. The molecule has 0 rings (SSSR count). The predicted molar refractivity (Wildman–Crippen MR) is 51.3 cm³/mol. The van der Waals surface area contributed by atoms with Gasteiger partial charge in [0.15, 0.2) is 5.78 Å². The molecule has 0 aromatic carbocycles. The molecule has 0 aliphatic carbocycles. The Morgan fingerprint density at radius 2 is 2.15 bits per heavy atom. The zero-order chi connectivity index (χ0) is 10.1. The molecule has 0 aromatic heterocycles. The highest BCUT2D eigenvalue weighted by atomic mass is 16.3. The number of allylic oxidation sites excluding steroid dienone is 4. The number of carbonyl (C=O) groups is 1. The number of aliphatic hydroxyl groups is 2. The molecule has 0 heterocycles. The van der Waals surface area contributed by atoms with Crippen LogP contribution in [-0.4, -0.2) is 28.7 Å². The van der Waals surface area contributed by atoms with E-state index in [1.165, 1.54) is 6.08 Å². The fourth-order valence-corrected chi connectivity index (χ4v) is 0.825. The minimum absolute atomic E-state index is 0.0780. The van der Waals surface area contributed by atoms with Gasteiger partial charge in [-0.15, -0.1) is 0 Å². The summed E-state index contributed by atoms with van der Waals surface area (Å²) in [6, 6.07) is 0. The van der Waals surface area contributed by atoms with Crippen molar-refractivity contribution in [3.05, 3.63) is 24.3 Å². The third-order valence-corrected chi connectivity index (χ3v) is 1.48. The van der Waals surface area contributed by atoms with Gasteiger partial charge in [-0.1, -0.05) is 18.2 Å². The molecule has 0 saturated heterocycles. The zero-order valence-electron chi connectivity index (χ0n) is 7.81. The van der Waals surface area contributed by atoms with Crippen LogP contribution in [0.1, 0.15) is 19.8 Å². The topological polar surface area (TPSA) is 57.5 Å². The molecule has 3 nitrogen and oxygen atoms in total. The second-order valence-corrected chi connectivity index (χ2v) is 2.72. The van der Waals surface area contributed by atoms with Gasteiger partial charge in [-0.2, -0.15) is 0 Å². The number of ketones is 1. The van der Waals surface area contributed by atoms with Crippen molar-refractivity contribution in [2.45, 2.75) is 25.9 Å². The molecule has 74 valence electrons. The lowest BCUT2D eigenvalue weighted by molar-refractivity contribution is -0.116. The summed E-state index contributed by atoms with van der Waals surface area (Å²) < 4.78 is 0. The molecule has 0 aromatic rings. The fourth-order valence-electron chi connectivity index (χ4n) is 0.825. The molecule has 0 spiro atoms. The lowest BCUT2D eigenvalue weighted by Gasteiger charge is -2.04. The van der Waals surface area contributed by atoms with Crippen LogP contribution in [0, 0.1) is 0 Å². The van der Waals surface area contributed by atoms with Crippen LogP contribution in [0.15, 0.2) is 24.3 Å². The van der Waals surface area contributed by atoms with Crippen LogP contribution >= 0.6 is 0 Å². The number of aliphatic hydroxyl groups excluding tert-OH is 2. The number of carbonyl (C=O) groups excluding carboxylic acids is 1. The second kappa shape index (κ2) is 7.71. The standard InChI is InChI=1S/C10H16O3/c1-2-3-4-5-9(12)8-10(13)6-7-11/h2-5,10-11,13H,6-8H2,1H3/b3-2+,5-4+/t10-/m1/s1. The summed E-state index contributed by atoms with van der Waals surface area (Å²) >= 11 is 0. The molecular weight excluding hydrogens is 168 g/mol. The maximum absolute atomic E-state index is 11.0. The first-order valence-corrected chi connectivity index (χ1v) is 4.31. The molecular formula is C10H16O3. The van der Waals surface area contributed by atoms with E-state index in [1.807, 2.05) is 13.0 Å². The van der Waals surface area contributed by atoms with Gasteiger partial charge in [0, 0.05) is 13.0 Å².